The summed E-state index contributed by atoms with van der Waals surface area (Å²) in [5, 5.41) is 8.55. The van der Waals surface area contributed by atoms with E-state index in [1.54, 1.807) is 6.92 Å². The van der Waals surface area contributed by atoms with E-state index in [2.05, 4.69) is 9.97 Å². The molecule has 1 atom stereocenters. The van der Waals surface area contributed by atoms with Gasteiger partial charge >= 0.3 is 5.97 Å². The number of hydrogen-bond donors (Lipinski definition) is 2. The van der Waals surface area contributed by atoms with Crippen LogP contribution in [0.2, 0.25) is 0 Å². The SMILES string of the molecule is Cc1ncnc(OCC(N)C(=O)O)c1C. The van der Waals surface area contributed by atoms with Gasteiger partial charge in [-0.2, -0.15) is 0 Å². The standard InChI is InChI=1S/C9H13N3O3/c1-5-6(2)11-4-12-8(5)15-3-7(10)9(13)14/h4,7H,3,10H2,1-2H3,(H,13,14). The molecule has 0 aliphatic rings. The maximum Gasteiger partial charge on any atom is 0.324 e. The Bertz CT molecular complexity index is 368. The lowest BCUT2D eigenvalue weighted by Crippen LogP contribution is -2.36. The van der Waals surface area contributed by atoms with Crippen LogP contribution in [0.5, 0.6) is 5.88 Å². The van der Waals surface area contributed by atoms with Crippen LogP contribution in [0.4, 0.5) is 0 Å². The molecule has 0 amide bonds. The molecule has 1 aromatic heterocycles. The fourth-order valence-electron chi connectivity index (χ4n) is 0.902. The third kappa shape index (κ3) is 2.88. The highest BCUT2D eigenvalue weighted by atomic mass is 16.5. The molecule has 15 heavy (non-hydrogen) atoms. The van der Waals surface area contributed by atoms with Crippen molar-refractivity contribution >= 4 is 5.97 Å². The Hall–Kier alpha value is -1.69. The van der Waals surface area contributed by atoms with Gasteiger partial charge in [0.2, 0.25) is 5.88 Å². The topological polar surface area (TPSA) is 98.3 Å². The lowest BCUT2D eigenvalue weighted by Gasteiger charge is -2.10. The maximum atomic E-state index is 10.4. The molecule has 0 saturated carbocycles. The average Bonchev–Trinajstić information content (AvgIpc) is 2.19. The first kappa shape index (κ1) is 11.4. The van der Waals surface area contributed by atoms with Crippen LogP contribution in [-0.4, -0.2) is 33.7 Å². The molecule has 1 heterocycles. The van der Waals surface area contributed by atoms with Gasteiger partial charge in [-0.05, 0) is 13.8 Å². The monoisotopic (exact) mass is 211 g/mol. The van der Waals surface area contributed by atoms with Crippen molar-refractivity contribution in [2.24, 2.45) is 5.73 Å². The second-order valence-electron chi connectivity index (χ2n) is 3.14. The predicted octanol–water partition coefficient (Wildman–Crippen LogP) is -0.116. The number of carbonyl (C=O) groups is 1. The van der Waals surface area contributed by atoms with Crippen molar-refractivity contribution in [2.45, 2.75) is 19.9 Å². The molecule has 6 nitrogen and oxygen atoms in total. The minimum atomic E-state index is -1.10. The highest BCUT2D eigenvalue weighted by Gasteiger charge is 2.13. The summed E-state index contributed by atoms with van der Waals surface area (Å²) >= 11 is 0. The zero-order valence-corrected chi connectivity index (χ0v) is 8.60. The third-order valence-corrected chi connectivity index (χ3v) is 2.01. The van der Waals surface area contributed by atoms with Crippen LogP contribution in [-0.2, 0) is 4.79 Å². The number of hydrogen-bond acceptors (Lipinski definition) is 5. The number of aliphatic carboxylic acids is 1. The van der Waals surface area contributed by atoms with Crippen LogP contribution in [0, 0.1) is 13.8 Å². The van der Waals surface area contributed by atoms with Crippen molar-refractivity contribution in [2.75, 3.05) is 6.61 Å². The summed E-state index contributed by atoms with van der Waals surface area (Å²) in [4.78, 5) is 18.3. The zero-order valence-electron chi connectivity index (χ0n) is 8.60. The van der Waals surface area contributed by atoms with Gasteiger partial charge in [0.15, 0.2) is 0 Å². The number of rotatable bonds is 4. The molecule has 0 spiro atoms. The quantitative estimate of drug-likeness (QED) is 0.720. The minimum Gasteiger partial charge on any atom is -0.480 e. The van der Waals surface area contributed by atoms with Gasteiger partial charge in [-0.25, -0.2) is 9.97 Å². The Labute approximate surface area is 87.1 Å². The molecule has 0 aliphatic carbocycles. The van der Waals surface area contributed by atoms with E-state index in [0.717, 1.165) is 11.3 Å². The van der Waals surface area contributed by atoms with E-state index in [9.17, 15) is 4.79 Å². The van der Waals surface area contributed by atoms with Gasteiger partial charge in [0.25, 0.3) is 0 Å². The van der Waals surface area contributed by atoms with E-state index < -0.39 is 12.0 Å². The molecule has 1 rings (SSSR count). The van der Waals surface area contributed by atoms with E-state index in [1.807, 2.05) is 6.92 Å². The molecular formula is C9H13N3O3. The number of ether oxygens (including phenoxy) is 1. The summed E-state index contributed by atoms with van der Waals surface area (Å²) in [6, 6.07) is -1.04. The summed E-state index contributed by atoms with van der Waals surface area (Å²) in [7, 11) is 0. The van der Waals surface area contributed by atoms with Crippen LogP contribution in [0.25, 0.3) is 0 Å². The number of nitrogens with zero attached hydrogens (tertiary/aromatic N) is 2. The van der Waals surface area contributed by atoms with Crippen molar-refractivity contribution in [1.29, 1.82) is 0 Å². The van der Waals surface area contributed by atoms with Crippen LogP contribution < -0.4 is 10.5 Å². The first-order valence-corrected chi connectivity index (χ1v) is 4.41. The van der Waals surface area contributed by atoms with Crippen LogP contribution in [0.3, 0.4) is 0 Å². The summed E-state index contributed by atoms with van der Waals surface area (Å²) in [5.41, 5.74) is 6.87. The Balaban J connectivity index is 2.66. The molecule has 0 saturated heterocycles. The molecule has 0 aromatic carbocycles. The number of nitrogens with two attached hydrogens (primary N) is 1. The van der Waals surface area contributed by atoms with E-state index in [4.69, 9.17) is 15.6 Å². The van der Waals surface area contributed by atoms with Gasteiger partial charge in [0.1, 0.15) is 19.0 Å². The van der Waals surface area contributed by atoms with Crippen molar-refractivity contribution in [3.8, 4) is 5.88 Å². The minimum absolute atomic E-state index is 0.105. The number of carboxylic acid groups (broad SMARTS) is 1. The molecule has 0 aliphatic heterocycles. The predicted molar refractivity (Wildman–Crippen MR) is 52.6 cm³/mol. The second-order valence-corrected chi connectivity index (χ2v) is 3.14. The number of aromatic nitrogens is 2. The van der Waals surface area contributed by atoms with E-state index in [0.29, 0.717) is 5.88 Å². The fraction of sp³-hybridized carbons (Fsp3) is 0.444. The Morgan fingerprint density at radius 1 is 1.60 bits per heavy atom. The summed E-state index contributed by atoms with van der Waals surface area (Å²) in [5.74, 6) is -0.724. The summed E-state index contributed by atoms with van der Waals surface area (Å²) in [6.45, 7) is 3.52. The van der Waals surface area contributed by atoms with Gasteiger partial charge < -0.3 is 15.6 Å². The second kappa shape index (κ2) is 4.70. The molecule has 0 bridgehead atoms. The Kier molecular flexibility index (Phi) is 3.56. The fourth-order valence-corrected chi connectivity index (χ4v) is 0.902. The Morgan fingerprint density at radius 3 is 2.87 bits per heavy atom. The summed E-state index contributed by atoms with van der Waals surface area (Å²) in [6.07, 6.45) is 1.37. The van der Waals surface area contributed by atoms with Crippen molar-refractivity contribution in [1.82, 2.24) is 9.97 Å². The van der Waals surface area contributed by atoms with Gasteiger partial charge in [0.05, 0.1) is 0 Å². The van der Waals surface area contributed by atoms with Gasteiger partial charge in [-0.3, -0.25) is 4.79 Å². The Morgan fingerprint density at radius 2 is 2.27 bits per heavy atom. The molecule has 0 radical (unpaired) electrons. The number of aryl methyl sites for hydroxylation is 1. The largest absolute Gasteiger partial charge is 0.480 e. The smallest absolute Gasteiger partial charge is 0.324 e. The highest BCUT2D eigenvalue weighted by molar-refractivity contribution is 5.73. The van der Waals surface area contributed by atoms with Gasteiger partial charge in [-0.1, -0.05) is 0 Å². The third-order valence-electron chi connectivity index (χ3n) is 2.01. The molecule has 3 N–H and O–H groups in total. The van der Waals surface area contributed by atoms with E-state index in [-0.39, 0.29) is 6.61 Å². The van der Waals surface area contributed by atoms with E-state index in [1.165, 1.54) is 6.33 Å². The number of carboxylic acids is 1. The highest BCUT2D eigenvalue weighted by Crippen LogP contribution is 2.14. The first-order chi connectivity index (χ1) is 7.02. The van der Waals surface area contributed by atoms with Crippen LogP contribution in [0.15, 0.2) is 6.33 Å². The van der Waals surface area contributed by atoms with Crippen LogP contribution >= 0.6 is 0 Å². The zero-order chi connectivity index (χ0) is 11.4. The molecule has 82 valence electrons. The lowest BCUT2D eigenvalue weighted by molar-refractivity contribution is -0.139. The van der Waals surface area contributed by atoms with Crippen molar-refractivity contribution < 1.29 is 14.6 Å². The lowest BCUT2D eigenvalue weighted by atomic mass is 10.2. The molecule has 0 fully saturated rings. The molecule has 1 unspecified atom stereocenters. The molecule has 1 aromatic rings. The molecule has 6 heteroatoms. The first-order valence-electron chi connectivity index (χ1n) is 4.41. The average molecular weight is 211 g/mol. The normalized spacial score (nSPS) is 12.2. The molecular weight excluding hydrogens is 198 g/mol. The maximum absolute atomic E-state index is 10.4. The van der Waals surface area contributed by atoms with Crippen LogP contribution in [0.1, 0.15) is 11.3 Å². The van der Waals surface area contributed by atoms with E-state index >= 15 is 0 Å². The van der Waals surface area contributed by atoms with Gasteiger partial charge in [-0.15, -0.1) is 0 Å². The summed E-state index contributed by atoms with van der Waals surface area (Å²) < 4.78 is 5.18. The van der Waals surface area contributed by atoms with Crippen molar-refractivity contribution in [3.63, 3.8) is 0 Å². The van der Waals surface area contributed by atoms with Crippen molar-refractivity contribution in [3.05, 3.63) is 17.6 Å². The van der Waals surface area contributed by atoms with Gasteiger partial charge in [0, 0.05) is 11.3 Å².